The number of nitrogens with two attached hydrogens (primary N) is 1. The Hall–Kier alpha value is -2.61. The topological polar surface area (TPSA) is 113 Å². The number of nitrogens with zero attached hydrogens (tertiary/aromatic N) is 3. The van der Waals surface area contributed by atoms with Gasteiger partial charge in [0.25, 0.3) is 6.01 Å². The van der Waals surface area contributed by atoms with Gasteiger partial charge in [-0.2, -0.15) is 4.98 Å². The highest BCUT2D eigenvalue weighted by Crippen LogP contribution is 2.27. The van der Waals surface area contributed by atoms with E-state index in [0.29, 0.717) is 12.3 Å². The van der Waals surface area contributed by atoms with E-state index in [0.717, 1.165) is 41.9 Å². The Morgan fingerprint density at radius 3 is 2.80 bits per heavy atom. The number of anilines is 1. The Labute approximate surface area is 145 Å². The van der Waals surface area contributed by atoms with Gasteiger partial charge in [-0.25, -0.2) is 4.79 Å². The van der Waals surface area contributed by atoms with Crippen molar-refractivity contribution in [2.75, 3.05) is 31.1 Å². The third kappa shape index (κ3) is 3.90. The molecule has 0 radical (unpaired) electrons. The average molecular weight is 346 g/mol. The van der Waals surface area contributed by atoms with Crippen LogP contribution >= 0.6 is 0 Å². The largest absolute Gasteiger partial charge is 0.465 e. The molecular formula is C17H22N4O4. The lowest BCUT2D eigenvalue weighted by Crippen LogP contribution is -2.48. The van der Waals surface area contributed by atoms with Gasteiger partial charge in [-0.3, -0.25) is 4.90 Å². The van der Waals surface area contributed by atoms with Crippen molar-refractivity contribution in [1.29, 1.82) is 0 Å². The molecule has 8 nitrogen and oxygen atoms in total. The molecule has 134 valence electrons. The molecule has 1 aliphatic rings. The second kappa shape index (κ2) is 7.52. The first-order valence-corrected chi connectivity index (χ1v) is 8.36. The van der Waals surface area contributed by atoms with Gasteiger partial charge in [-0.05, 0) is 30.9 Å². The predicted octanol–water partition coefficient (Wildman–Crippen LogP) is 1.55. The van der Waals surface area contributed by atoms with Crippen LogP contribution in [0.1, 0.15) is 12.8 Å². The van der Waals surface area contributed by atoms with Crippen LogP contribution < -0.4 is 10.6 Å². The predicted molar refractivity (Wildman–Crippen MR) is 92.6 cm³/mol. The second-order valence-corrected chi connectivity index (χ2v) is 6.31. The van der Waals surface area contributed by atoms with Gasteiger partial charge in [0.2, 0.25) is 0 Å². The van der Waals surface area contributed by atoms with Crippen molar-refractivity contribution < 1.29 is 19.1 Å². The monoisotopic (exact) mass is 346 g/mol. The molecule has 1 aromatic carbocycles. The van der Waals surface area contributed by atoms with Crippen LogP contribution in [0.2, 0.25) is 0 Å². The molecular weight excluding hydrogens is 324 g/mol. The quantitative estimate of drug-likeness (QED) is 0.763. The molecule has 0 saturated carbocycles. The summed E-state index contributed by atoms with van der Waals surface area (Å²) in [7, 11) is 0. The zero-order valence-corrected chi connectivity index (χ0v) is 13.9. The zero-order chi connectivity index (χ0) is 17.8. The zero-order valence-electron chi connectivity index (χ0n) is 13.9. The van der Waals surface area contributed by atoms with Gasteiger partial charge in [0.15, 0.2) is 5.58 Å². The van der Waals surface area contributed by atoms with Crippen LogP contribution in [0.3, 0.4) is 0 Å². The van der Waals surface area contributed by atoms with E-state index in [2.05, 4.69) is 9.88 Å². The maximum atomic E-state index is 11.1. The fourth-order valence-corrected chi connectivity index (χ4v) is 3.24. The summed E-state index contributed by atoms with van der Waals surface area (Å²) in [4.78, 5) is 29.3. The first-order valence-electron chi connectivity index (χ1n) is 8.36. The highest BCUT2D eigenvalue weighted by atomic mass is 16.4. The van der Waals surface area contributed by atoms with Crippen molar-refractivity contribution in [1.82, 2.24) is 9.88 Å². The maximum absolute atomic E-state index is 11.1. The van der Waals surface area contributed by atoms with Crippen molar-refractivity contribution in [2.45, 2.75) is 18.9 Å². The molecule has 1 amide bonds. The number of carbonyl (C=O) groups is 2. The fourth-order valence-electron chi connectivity index (χ4n) is 3.24. The molecule has 3 N–H and O–H groups in total. The van der Waals surface area contributed by atoms with Crippen molar-refractivity contribution in [3.8, 4) is 0 Å². The number of hydrogen-bond acceptors (Lipinski definition) is 6. The van der Waals surface area contributed by atoms with Gasteiger partial charge in [-0.1, -0.05) is 12.1 Å². The second-order valence-electron chi connectivity index (χ2n) is 6.31. The number of carbonyl (C=O) groups excluding carboxylic acids is 1. The average Bonchev–Trinajstić information content (AvgIpc) is 3.05. The van der Waals surface area contributed by atoms with E-state index in [9.17, 15) is 9.59 Å². The molecule has 0 bridgehead atoms. The SMILES string of the molecule is NC(CN(CC=O)C(=O)O)C1CCN(c2nc3ccccc3o2)CC1. The minimum Gasteiger partial charge on any atom is -0.465 e. The smallest absolute Gasteiger partial charge is 0.407 e. The first kappa shape index (κ1) is 17.2. The number of piperidine rings is 1. The molecule has 0 aliphatic carbocycles. The van der Waals surface area contributed by atoms with E-state index in [1.807, 2.05) is 24.3 Å². The summed E-state index contributed by atoms with van der Waals surface area (Å²) in [5, 5.41) is 9.09. The highest BCUT2D eigenvalue weighted by molar-refractivity contribution is 5.74. The van der Waals surface area contributed by atoms with Crippen LogP contribution in [0.4, 0.5) is 10.8 Å². The van der Waals surface area contributed by atoms with Gasteiger partial charge < -0.3 is 25.0 Å². The Kier molecular flexibility index (Phi) is 5.18. The molecule has 1 aromatic heterocycles. The minimum absolute atomic E-state index is 0.148. The van der Waals surface area contributed by atoms with Crippen LogP contribution in [-0.2, 0) is 4.79 Å². The van der Waals surface area contributed by atoms with Crippen LogP contribution in [0.25, 0.3) is 11.1 Å². The Balaban J connectivity index is 1.57. The van der Waals surface area contributed by atoms with E-state index in [4.69, 9.17) is 15.3 Å². The van der Waals surface area contributed by atoms with Gasteiger partial charge in [-0.15, -0.1) is 0 Å². The summed E-state index contributed by atoms with van der Waals surface area (Å²) in [5.74, 6) is 0.203. The van der Waals surface area contributed by atoms with Gasteiger partial charge in [0.1, 0.15) is 11.8 Å². The van der Waals surface area contributed by atoms with Crippen LogP contribution in [-0.4, -0.2) is 59.6 Å². The molecule has 1 unspecified atom stereocenters. The molecule has 2 aromatic rings. The standard InChI is InChI=1S/C17H22N4O4/c18-13(11-21(9-10-22)17(23)24)12-5-7-20(8-6-12)16-19-14-3-1-2-4-15(14)25-16/h1-4,10,12-13H,5-9,11,18H2,(H,23,24). The number of rotatable bonds is 6. The molecule has 1 fully saturated rings. The Bertz CT molecular complexity index is 706. The van der Waals surface area contributed by atoms with Crippen molar-refractivity contribution in [2.24, 2.45) is 11.7 Å². The molecule has 0 spiro atoms. The lowest BCUT2D eigenvalue weighted by molar-refractivity contribution is -0.108. The van der Waals surface area contributed by atoms with Crippen LogP contribution in [0.15, 0.2) is 28.7 Å². The minimum atomic E-state index is -1.12. The number of aldehydes is 1. The lowest BCUT2D eigenvalue weighted by atomic mass is 9.89. The van der Waals surface area contributed by atoms with Gasteiger partial charge >= 0.3 is 6.09 Å². The lowest BCUT2D eigenvalue weighted by Gasteiger charge is -2.35. The van der Waals surface area contributed by atoms with Crippen LogP contribution in [0.5, 0.6) is 0 Å². The van der Waals surface area contributed by atoms with E-state index < -0.39 is 6.09 Å². The number of amides is 1. The molecule has 25 heavy (non-hydrogen) atoms. The van der Waals surface area contributed by atoms with Crippen molar-refractivity contribution in [3.63, 3.8) is 0 Å². The third-order valence-electron chi connectivity index (χ3n) is 4.69. The summed E-state index contributed by atoms with van der Waals surface area (Å²) in [6.07, 6.45) is 1.12. The van der Waals surface area contributed by atoms with E-state index in [1.54, 1.807) is 0 Å². The number of para-hydroxylation sites is 2. The number of fused-ring (bicyclic) bond motifs is 1. The number of benzene rings is 1. The van der Waals surface area contributed by atoms with E-state index in [1.165, 1.54) is 0 Å². The van der Waals surface area contributed by atoms with E-state index in [-0.39, 0.29) is 25.0 Å². The normalized spacial score (nSPS) is 16.8. The fraction of sp³-hybridized carbons (Fsp3) is 0.471. The molecule has 1 saturated heterocycles. The summed E-state index contributed by atoms with van der Waals surface area (Å²) < 4.78 is 5.79. The highest BCUT2D eigenvalue weighted by Gasteiger charge is 2.28. The van der Waals surface area contributed by atoms with Gasteiger partial charge in [0.05, 0.1) is 6.54 Å². The van der Waals surface area contributed by atoms with Crippen molar-refractivity contribution in [3.05, 3.63) is 24.3 Å². The summed E-state index contributed by atoms with van der Waals surface area (Å²) in [6, 6.07) is 7.97. The first-order chi connectivity index (χ1) is 12.1. The number of carboxylic acid groups (broad SMARTS) is 1. The Morgan fingerprint density at radius 1 is 1.44 bits per heavy atom. The number of aromatic nitrogens is 1. The molecule has 8 heteroatoms. The van der Waals surface area contributed by atoms with Gasteiger partial charge in [0, 0.05) is 25.7 Å². The Morgan fingerprint density at radius 2 is 2.16 bits per heavy atom. The summed E-state index contributed by atoms with van der Waals surface area (Å²) in [5.41, 5.74) is 7.79. The molecule has 2 heterocycles. The maximum Gasteiger partial charge on any atom is 0.407 e. The summed E-state index contributed by atoms with van der Waals surface area (Å²) in [6.45, 7) is 1.53. The van der Waals surface area contributed by atoms with Crippen molar-refractivity contribution >= 4 is 29.5 Å². The molecule has 3 rings (SSSR count). The van der Waals surface area contributed by atoms with E-state index >= 15 is 0 Å². The van der Waals surface area contributed by atoms with Crippen LogP contribution in [0, 0.1) is 5.92 Å². The number of hydrogen-bond donors (Lipinski definition) is 2. The third-order valence-corrected chi connectivity index (χ3v) is 4.69. The molecule has 1 aliphatic heterocycles. The summed E-state index contributed by atoms with van der Waals surface area (Å²) >= 11 is 0. The molecule has 1 atom stereocenters. The number of oxazole rings is 1.